The summed E-state index contributed by atoms with van der Waals surface area (Å²) in [6.45, 7) is 0.108. The molecule has 0 spiro atoms. The van der Waals surface area contributed by atoms with Crippen LogP contribution < -0.4 is 10.2 Å². The molecule has 1 aliphatic rings. The first kappa shape index (κ1) is 24.4. The lowest BCUT2D eigenvalue weighted by molar-refractivity contribution is -0.136. The fourth-order valence-corrected chi connectivity index (χ4v) is 4.91. The van der Waals surface area contributed by atoms with E-state index in [1.807, 2.05) is 60.7 Å². The van der Waals surface area contributed by atoms with Gasteiger partial charge < -0.3 is 9.64 Å². The summed E-state index contributed by atoms with van der Waals surface area (Å²) in [4.78, 5) is 31.2. The largest absolute Gasteiger partial charge is 0.486 e. The molecule has 5 rings (SSSR count). The highest BCUT2D eigenvalue weighted by atomic mass is 19.1. The molecule has 37 heavy (non-hydrogen) atoms. The lowest BCUT2D eigenvalue weighted by Gasteiger charge is -2.22. The Morgan fingerprint density at radius 1 is 1.08 bits per heavy atom. The number of likely N-dealkylation sites (N-methyl/N-ethyl adjacent to an activating group) is 1. The van der Waals surface area contributed by atoms with Crippen molar-refractivity contribution in [3.63, 3.8) is 0 Å². The fraction of sp³-hybridized carbons (Fsp3) is 0.207. The van der Waals surface area contributed by atoms with Crippen LogP contribution in [0.1, 0.15) is 17.5 Å². The van der Waals surface area contributed by atoms with Gasteiger partial charge in [0, 0.05) is 30.6 Å². The number of ether oxygens (including phenoxy) is 1. The van der Waals surface area contributed by atoms with Crippen LogP contribution >= 0.6 is 0 Å². The van der Waals surface area contributed by atoms with Crippen LogP contribution in [0, 0.1) is 11.7 Å². The number of hydrogen-bond donors (Lipinski definition) is 2. The van der Waals surface area contributed by atoms with Crippen LogP contribution in [0.5, 0.6) is 5.75 Å². The third kappa shape index (κ3) is 4.40. The summed E-state index contributed by atoms with van der Waals surface area (Å²) in [6.07, 6.45) is 0.182. The number of fused-ring (bicyclic) bond motifs is 1. The van der Waals surface area contributed by atoms with Gasteiger partial charge in [0.05, 0.1) is 22.5 Å². The second-order valence-corrected chi connectivity index (χ2v) is 9.39. The minimum atomic E-state index is -1.22. The molecular weight excluding hydrogens is 473 g/mol. The van der Waals surface area contributed by atoms with Gasteiger partial charge in [-0.15, -0.1) is 0 Å². The molecule has 0 unspecified atom stereocenters. The van der Waals surface area contributed by atoms with Crippen LogP contribution in [-0.4, -0.2) is 41.0 Å². The summed E-state index contributed by atoms with van der Waals surface area (Å²) in [5.41, 5.74) is 4.17. The Morgan fingerprint density at radius 3 is 2.51 bits per heavy atom. The Bertz CT molecular complexity index is 1490. The zero-order valence-corrected chi connectivity index (χ0v) is 20.4. The van der Waals surface area contributed by atoms with Gasteiger partial charge in [0.1, 0.15) is 6.61 Å². The van der Waals surface area contributed by atoms with Crippen molar-refractivity contribution in [3.8, 4) is 17.0 Å². The van der Waals surface area contributed by atoms with Crippen LogP contribution in [0.3, 0.4) is 0 Å². The number of nitrogens with zero attached hydrogens (tertiary/aromatic N) is 2. The number of para-hydroxylation sites is 1. The maximum Gasteiger partial charge on any atom is 0.247 e. The molecule has 0 bridgehead atoms. The number of amides is 2. The van der Waals surface area contributed by atoms with Gasteiger partial charge in [-0.25, -0.2) is 14.9 Å². The minimum absolute atomic E-state index is 0.0298. The topological polar surface area (TPSA) is 91.8 Å². The summed E-state index contributed by atoms with van der Waals surface area (Å²) >= 11 is 0. The Hall–Kier alpha value is -4.30. The molecular formula is C29H26FN3O4. The van der Waals surface area contributed by atoms with Gasteiger partial charge in [0.25, 0.3) is 0 Å². The molecule has 1 aromatic heterocycles. The average Bonchev–Trinajstić information content (AvgIpc) is 3.68. The first-order valence-electron chi connectivity index (χ1n) is 11.9. The number of aromatic nitrogens is 1. The molecule has 2 atom stereocenters. The number of halogens is 1. The summed E-state index contributed by atoms with van der Waals surface area (Å²) in [6, 6.07) is 23.8. The van der Waals surface area contributed by atoms with Gasteiger partial charge in [-0.2, -0.15) is 0 Å². The molecule has 4 aromatic rings. The maximum absolute atomic E-state index is 15.2. The third-order valence-corrected chi connectivity index (χ3v) is 6.88. The van der Waals surface area contributed by atoms with E-state index in [1.165, 1.54) is 17.0 Å². The SMILES string of the molecule is CN(C)C(=O)[C@@]1(c2ccc(OCc3cc(-c4ccccc4)nc4ccccc34)c(F)c2)C[C@@H]1C(=O)NO. The molecule has 2 amide bonds. The van der Waals surface area contributed by atoms with Crippen molar-refractivity contribution in [2.24, 2.45) is 5.92 Å². The fourth-order valence-electron chi connectivity index (χ4n) is 4.91. The molecule has 1 aliphatic carbocycles. The summed E-state index contributed by atoms with van der Waals surface area (Å²) in [5.74, 6) is -2.39. The van der Waals surface area contributed by atoms with Crippen molar-refractivity contribution in [1.82, 2.24) is 15.4 Å². The lowest BCUT2D eigenvalue weighted by Crippen LogP contribution is -2.38. The zero-order chi connectivity index (χ0) is 26.2. The van der Waals surface area contributed by atoms with Gasteiger partial charge in [0.15, 0.2) is 11.6 Å². The maximum atomic E-state index is 15.2. The van der Waals surface area contributed by atoms with E-state index in [9.17, 15) is 9.59 Å². The summed E-state index contributed by atoms with van der Waals surface area (Å²) in [7, 11) is 3.15. The first-order valence-corrected chi connectivity index (χ1v) is 11.9. The van der Waals surface area contributed by atoms with Crippen molar-refractivity contribution in [2.45, 2.75) is 18.4 Å². The standard InChI is InChI=1S/C29H26FN3O4/c1-33(2)28(35)29(16-22(29)27(34)32-36)20-12-13-26(23(30)15-20)37-17-19-14-25(18-8-4-3-5-9-18)31-24-11-7-6-10-21(19)24/h3-15,22,36H,16-17H2,1-2H3,(H,32,34)/t22-,29-/m1/s1. The minimum Gasteiger partial charge on any atom is -0.486 e. The highest BCUT2D eigenvalue weighted by Gasteiger charge is 2.65. The normalized spacial score (nSPS) is 18.3. The first-order chi connectivity index (χ1) is 17.8. The van der Waals surface area contributed by atoms with Crippen LogP contribution in [-0.2, 0) is 21.6 Å². The molecule has 7 nitrogen and oxygen atoms in total. The van der Waals surface area contributed by atoms with Crippen LogP contribution in [0.2, 0.25) is 0 Å². The molecule has 1 fully saturated rings. The molecule has 0 radical (unpaired) electrons. The number of carbonyl (C=O) groups excluding carboxylic acids is 2. The summed E-state index contributed by atoms with van der Waals surface area (Å²) in [5, 5.41) is 9.97. The van der Waals surface area contributed by atoms with Gasteiger partial charge in [-0.05, 0) is 36.2 Å². The molecule has 0 saturated heterocycles. The quantitative estimate of drug-likeness (QED) is 0.289. The molecule has 1 saturated carbocycles. The van der Waals surface area contributed by atoms with Crippen LogP contribution in [0.4, 0.5) is 4.39 Å². The second-order valence-electron chi connectivity index (χ2n) is 9.39. The smallest absolute Gasteiger partial charge is 0.247 e. The van der Waals surface area contributed by atoms with Crippen molar-refractivity contribution < 1.29 is 23.9 Å². The van der Waals surface area contributed by atoms with Crippen molar-refractivity contribution in [1.29, 1.82) is 0 Å². The number of hydroxylamine groups is 1. The van der Waals surface area contributed by atoms with E-state index < -0.39 is 23.1 Å². The Morgan fingerprint density at radius 2 is 1.81 bits per heavy atom. The lowest BCUT2D eigenvalue weighted by atomic mass is 9.91. The van der Waals surface area contributed by atoms with E-state index in [0.29, 0.717) is 5.56 Å². The predicted molar refractivity (Wildman–Crippen MR) is 136 cm³/mol. The van der Waals surface area contributed by atoms with Crippen molar-refractivity contribution in [2.75, 3.05) is 14.1 Å². The van der Waals surface area contributed by atoms with Gasteiger partial charge in [-0.3, -0.25) is 14.8 Å². The number of carbonyl (C=O) groups is 2. The molecule has 8 heteroatoms. The highest BCUT2D eigenvalue weighted by Crippen LogP contribution is 2.55. The second kappa shape index (κ2) is 9.63. The Kier molecular flexibility index (Phi) is 6.35. The third-order valence-electron chi connectivity index (χ3n) is 6.88. The highest BCUT2D eigenvalue weighted by molar-refractivity contribution is 6.00. The molecule has 2 N–H and O–H groups in total. The number of benzene rings is 3. The molecule has 188 valence electrons. The molecule has 3 aromatic carbocycles. The monoisotopic (exact) mass is 499 g/mol. The Labute approximate surface area is 213 Å². The number of nitrogens with one attached hydrogen (secondary N) is 1. The van der Waals surface area contributed by atoms with Gasteiger partial charge >= 0.3 is 0 Å². The number of hydrogen-bond acceptors (Lipinski definition) is 5. The van der Waals surface area contributed by atoms with Gasteiger partial charge in [-0.1, -0.05) is 54.6 Å². The van der Waals surface area contributed by atoms with E-state index in [0.717, 1.165) is 27.7 Å². The van der Waals surface area contributed by atoms with Crippen molar-refractivity contribution >= 4 is 22.7 Å². The van der Waals surface area contributed by atoms with Gasteiger partial charge in [0.2, 0.25) is 11.8 Å². The average molecular weight is 500 g/mol. The van der Waals surface area contributed by atoms with E-state index in [2.05, 4.69) is 0 Å². The number of rotatable bonds is 7. The Balaban J connectivity index is 1.44. The van der Waals surface area contributed by atoms with Crippen molar-refractivity contribution in [3.05, 3.63) is 95.8 Å². The van der Waals surface area contributed by atoms with E-state index >= 15 is 4.39 Å². The van der Waals surface area contributed by atoms with Crippen LogP contribution in [0.15, 0.2) is 78.9 Å². The summed E-state index contributed by atoms with van der Waals surface area (Å²) < 4.78 is 21.1. The predicted octanol–water partition coefficient (Wildman–Crippen LogP) is 4.47. The molecule has 1 heterocycles. The zero-order valence-electron chi connectivity index (χ0n) is 20.4. The number of pyridine rings is 1. The van der Waals surface area contributed by atoms with Crippen LogP contribution in [0.25, 0.3) is 22.2 Å². The van der Waals surface area contributed by atoms with E-state index in [-0.39, 0.29) is 24.7 Å². The molecule has 0 aliphatic heterocycles. The van der Waals surface area contributed by atoms with E-state index in [4.69, 9.17) is 14.9 Å². The van der Waals surface area contributed by atoms with E-state index in [1.54, 1.807) is 25.6 Å².